The SMILES string of the molecule is CNCC(C)(Cc1ccc(C(C)(C)C)cc1)C(C)C. The second kappa shape index (κ2) is 6.09. The molecule has 108 valence electrons. The van der Waals surface area contributed by atoms with Gasteiger partial charge in [0.1, 0.15) is 0 Å². The van der Waals surface area contributed by atoms with E-state index in [-0.39, 0.29) is 5.41 Å². The first kappa shape index (κ1) is 16.2. The van der Waals surface area contributed by atoms with Crippen LogP contribution in [0.4, 0.5) is 0 Å². The summed E-state index contributed by atoms with van der Waals surface area (Å²) < 4.78 is 0. The molecule has 1 aromatic carbocycles. The van der Waals surface area contributed by atoms with Gasteiger partial charge in [-0.3, -0.25) is 0 Å². The first-order chi connectivity index (χ1) is 8.69. The Kier molecular flexibility index (Phi) is 5.20. The number of benzene rings is 1. The molecular weight excluding hydrogens is 230 g/mol. The van der Waals surface area contributed by atoms with Gasteiger partial charge in [-0.2, -0.15) is 0 Å². The normalized spacial score (nSPS) is 15.6. The molecule has 1 nitrogen and oxygen atoms in total. The quantitative estimate of drug-likeness (QED) is 0.828. The summed E-state index contributed by atoms with van der Waals surface area (Å²) in [5.74, 6) is 0.669. The summed E-state index contributed by atoms with van der Waals surface area (Å²) in [6.45, 7) is 14.9. The monoisotopic (exact) mass is 261 g/mol. The molecule has 0 amide bonds. The summed E-state index contributed by atoms with van der Waals surface area (Å²) in [5, 5.41) is 3.35. The zero-order chi connectivity index (χ0) is 14.7. The Hall–Kier alpha value is -0.820. The molecule has 0 aliphatic rings. The summed E-state index contributed by atoms with van der Waals surface area (Å²) in [5.41, 5.74) is 3.42. The van der Waals surface area contributed by atoms with Crippen LogP contribution in [0.1, 0.15) is 52.7 Å². The smallest absolute Gasteiger partial charge is 0.000780 e. The van der Waals surface area contributed by atoms with Gasteiger partial charge >= 0.3 is 0 Å². The van der Waals surface area contributed by atoms with Crippen LogP contribution in [-0.2, 0) is 11.8 Å². The number of rotatable bonds is 5. The van der Waals surface area contributed by atoms with Crippen molar-refractivity contribution < 1.29 is 0 Å². The predicted molar refractivity (Wildman–Crippen MR) is 85.7 cm³/mol. The molecule has 1 unspecified atom stereocenters. The first-order valence-electron chi connectivity index (χ1n) is 7.43. The maximum Gasteiger partial charge on any atom is 0.000780 e. The summed E-state index contributed by atoms with van der Waals surface area (Å²) in [6.07, 6.45) is 1.13. The molecule has 0 aromatic heterocycles. The topological polar surface area (TPSA) is 12.0 Å². The summed E-state index contributed by atoms with van der Waals surface area (Å²) in [4.78, 5) is 0. The van der Waals surface area contributed by atoms with Gasteiger partial charge in [-0.05, 0) is 41.3 Å². The molecule has 0 spiro atoms. The average molecular weight is 261 g/mol. The Morgan fingerprint density at radius 1 is 1.00 bits per heavy atom. The summed E-state index contributed by atoms with van der Waals surface area (Å²) in [6, 6.07) is 9.18. The van der Waals surface area contributed by atoms with Crippen LogP contribution < -0.4 is 5.32 Å². The molecule has 19 heavy (non-hydrogen) atoms. The van der Waals surface area contributed by atoms with Gasteiger partial charge in [0.2, 0.25) is 0 Å². The van der Waals surface area contributed by atoms with Crippen molar-refractivity contribution in [2.75, 3.05) is 13.6 Å². The first-order valence-corrected chi connectivity index (χ1v) is 7.43. The van der Waals surface area contributed by atoms with E-state index in [0.717, 1.165) is 13.0 Å². The minimum atomic E-state index is 0.241. The average Bonchev–Trinajstić information content (AvgIpc) is 2.28. The van der Waals surface area contributed by atoms with Crippen molar-refractivity contribution in [3.8, 4) is 0 Å². The van der Waals surface area contributed by atoms with Gasteiger partial charge in [0.15, 0.2) is 0 Å². The third-order valence-electron chi connectivity index (χ3n) is 4.40. The van der Waals surface area contributed by atoms with Crippen molar-refractivity contribution in [2.24, 2.45) is 11.3 Å². The third kappa shape index (κ3) is 4.35. The molecule has 1 N–H and O–H groups in total. The second-order valence-corrected chi connectivity index (χ2v) is 7.46. The molecule has 0 fully saturated rings. The van der Waals surface area contributed by atoms with Crippen LogP contribution in [0.25, 0.3) is 0 Å². The molecule has 0 saturated carbocycles. The van der Waals surface area contributed by atoms with Gasteiger partial charge in [0.25, 0.3) is 0 Å². The molecule has 1 rings (SSSR count). The van der Waals surface area contributed by atoms with E-state index in [2.05, 4.69) is 71.1 Å². The molecule has 0 radical (unpaired) electrons. The van der Waals surface area contributed by atoms with E-state index < -0.39 is 0 Å². The fraction of sp³-hybridized carbons (Fsp3) is 0.667. The van der Waals surface area contributed by atoms with Gasteiger partial charge in [-0.1, -0.05) is 65.8 Å². The van der Waals surface area contributed by atoms with Crippen molar-refractivity contribution in [3.63, 3.8) is 0 Å². The van der Waals surface area contributed by atoms with E-state index in [4.69, 9.17) is 0 Å². The van der Waals surface area contributed by atoms with Crippen molar-refractivity contribution in [1.29, 1.82) is 0 Å². The lowest BCUT2D eigenvalue weighted by atomic mass is 9.74. The second-order valence-electron chi connectivity index (χ2n) is 7.46. The van der Waals surface area contributed by atoms with E-state index >= 15 is 0 Å². The highest BCUT2D eigenvalue weighted by Gasteiger charge is 2.27. The fourth-order valence-electron chi connectivity index (χ4n) is 2.46. The van der Waals surface area contributed by atoms with Gasteiger partial charge in [0.05, 0.1) is 0 Å². The number of nitrogens with one attached hydrogen (secondary N) is 1. The molecule has 0 aliphatic carbocycles. The summed E-state index contributed by atoms with van der Waals surface area (Å²) >= 11 is 0. The third-order valence-corrected chi connectivity index (χ3v) is 4.40. The predicted octanol–water partition coefficient (Wildman–Crippen LogP) is 4.41. The Morgan fingerprint density at radius 3 is 1.89 bits per heavy atom. The zero-order valence-corrected chi connectivity index (χ0v) is 13.8. The molecular formula is C18H31N. The minimum absolute atomic E-state index is 0.241. The van der Waals surface area contributed by atoms with Crippen molar-refractivity contribution >= 4 is 0 Å². The van der Waals surface area contributed by atoms with Crippen molar-refractivity contribution in [2.45, 2.75) is 53.4 Å². The van der Waals surface area contributed by atoms with Gasteiger partial charge in [-0.15, -0.1) is 0 Å². The van der Waals surface area contributed by atoms with Crippen LogP contribution >= 0.6 is 0 Å². The molecule has 1 aromatic rings. The maximum absolute atomic E-state index is 3.35. The van der Waals surface area contributed by atoms with Gasteiger partial charge in [-0.25, -0.2) is 0 Å². The molecule has 1 heteroatoms. The van der Waals surface area contributed by atoms with Crippen LogP contribution in [0, 0.1) is 11.3 Å². The Balaban J connectivity index is 2.87. The Morgan fingerprint density at radius 2 is 1.53 bits per heavy atom. The van der Waals surface area contributed by atoms with Crippen LogP contribution in [0.5, 0.6) is 0 Å². The standard InChI is InChI=1S/C18H31N/c1-14(2)18(6,13-19-7)12-15-8-10-16(11-9-15)17(3,4)5/h8-11,14,19H,12-13H2,1-7H3. The number of hydrogen-bond acceptors (Lipinski definition) is 1. The highest BCUT2D eigenvalue weighted by Crippen LogP contribution is 2.31. The van der Waals surface area contributed by atoms with E-state index in [1.165, 1.54) is 11.1 Å². The van der Waals surface area contributed by atoms with Gasteiger partial charge < -0.3 is 5.32 Å². The maximum atomic E-state index is 3.35. The van der Waals surface area contributed by atoms with Crippen LogP contribution in [0.2, 0.25) is 0 Å². The zero-order valence-electron chi connectivity index (χ0n) is 13.8. The molecule has 0 bridgehead atoms. The van der Waals surface area contributed by atoms with Gasteiger partial charge in [0, 0.05) is 6.54 Å². The molecule has 0 saturated heterocycles. The number of hydrogen-bond donors (Lipinski definition) is 1. The van der Waals surface area contributed by atoms with E-state index in [9.17, 15) is 0 Å². The largest absolute Gasteiger partial charge is 0.319 e. The highest BCUT2D eigenvalue weighted by atomic mass is 14.8. The lowest BCUT2D eigenvalue weighted by Gasteiger charge is -2.34. The lowest BCUT2D eigenvalue weighted by Crippen LogP contribution is -2.36. The lowest BCUT2D eigenvalue weighted by molar-refractivity contribution is 0.212. The highest BCUT2D eigenvalue weighted by molar-refractivity contribution is 5.28. The molecule has 0 heterocycles. The van der Waals surface area contributed by atoms with Crippen LogP contribution in [0.15, 0.2) is 24.3 Å². The molecule has 0 aliphatic heterocycles. The van der Waals surface area contributed by atoms with E-state index in [1.54, 1.807) is 0 Å². The van der Waals surface area contributed by atoms with Crippen LogP contribution in [-0.4, -0.2) is 13.6 Å². The van der Waals surface area contributed by atoms with Crippen molar-refractivity contribution in [3.05, 3.63) is 35.4 Å². The van der Waals surface area contributed by atoms with E-state index in [0.29, 0.717) is 11.3 Å². The fourth-order valence-corrected chi connectivity index (χ4v) is 2.46. The summed E-state index contributed by atoms with van der Waals surface area (Å²) in [7, 11) is 2.04. The van der Waals surface area contributed by atoms with Crippen molar-refractivity contribution in [1.82, 2.24) is 5.32 Å². The Bertz CT molecular complexity index is 383. The van der Waals surface area contributed by atoms with Crippen LogP contribution in [0.3, 0.4) is 0 Å². The Labute approximate surface area is 119 Å². The minimum Gasteiger partial charge on any atom is -0.319 e. The van der Waals surface area contributed by atoms with E-state index in [1.807, 2.05) is 7.05 Å². The molecule has 1 atom stereocenters.